The van der Waals surface area contributed by atoms with Crippen molar-refractivity contribution in [1.29, 1.82) is 0 Å². The molecule has 0 radical (unpaired) electrons. The second-order valence-electron chi connectivity index (χ2n) is 5.13. The lowest BCUT2D eigenvalue weighted by atomic mass is 10.1. The Morgan fingerprint density at radius 2 is 2.10 bits per heavy atom. The SMILES string of the molecule is CCNC(COCC(F)(F)F)Cc1ccn(C(C)CC)n1. The topological polar surface area (TPSA) is 39.1 Å². The van der Waals surface area contributed by atoms with E-state index < -0.39 is 12.8 Å². The van der Waals surface area contributed by atoms with E-state index in [1.807, 2.05) is 23.9 Å². The molecular weight excluding hydrogens is 283 g/mol. The van der Waals surface area contributed by atoms with E-state index in [2.05, 4.69) is 24.3 Å². The van der Waals surface area contributed by atoms with Gasteiger partial charge in [0.15, 0.2) is 0 Å². The van der Waals surface area contributed by atoms with Crippen molar-refractivity contribution >= 4 is 0 Å². The number of halogens is 3. The number of nitrogens with one attached hydrogen (secondary N) is 1. The smallest absolute Gasteiger partial charge is 0.370 e. The van der Waals surface area contributed by atoms with Gasteiger partial charge in [-0.2, -0.15) is 18.3 Å². The van der Waals surface area contributed by atoms with Crippen molar-refractivity contribution in [3.05, 3.63) is 18.0 Å². The van der Waals surface area contributed by atoms with Crippen molar-refractivity contribution in [3.8, 4) is 0 Å². The highest BCUT2D eigenvalue weighted by Crippen LogP contribution is 2.15. The van der Waals surface area contributed by atoms with Gasteiger partial charge >= 0.3 is 6.18 Å². The lowest BCUT2D eigenvalue weighted by molar-refractivity contribution is -0.175. The van der Waals surface area contributed by atoms with Crippen molar-refractivity contribution < 1.29 is 17.9 Å². The highest BCUT2D eigenvalue weighted by atomic mass is 19.4. The maximum absolute atomic E-state index is 12.1. The van der Waals surface area contributed by atoms with Crippen LogP contribution in [-0.4, -0.2) is 41.8 Å². The molecule has 4 nitrogen and oxygen atoms in total. The first-order valence-corrected chi connectivity index (χ1v) is 7.27. The van der Waals surface area contributed by atoms with E-state index in [4.69, 9.17) is 4.74 Å². The highest BCUT2D eigenvalue weighted by molar-refractivity contribution is 5.02. The van der Waals surface area contributed by atoms with Gasteiger partial charge in [-0.25, -0.2) is 0 Å². The molecule has 0 aromatic carbocycles. The van der Waals surface area contributed by atoms with E-state index >= 15 is 0 Å². The lowest BCUT2D eigenvalue weighted by Crippen LogP contribution is -2.36. The van der Waals surface area contributed by atoms with E-state index in [9.17, 15) is 13.2 Å². The molecule has 0 bridgehead atoms. The molecule has 7 heteroatoms. The van der Waals surface area contributed by atoms with Crippen LogP contribution in [0.15, 0.2) is 12.3 Å². The largest absolute Gasteiger partial charge is 0.411 e. The minimum atomic E-state index is -4.28. The van der Waals surface area contributed by atoms with Crippen LogP contribution in [0.25, 0.3) is 0 Å². The predicted octanol–water partition coefficient (Wildman–Crippen LogP) is 2.95. The average molecular weight is 307 g/mol. The summed E-state index contributed by atoms with van der Waals surface area (Å²) < 4.78 is 42.9. The van der Waals surface area contributed by atoms with Gasteiger partial charge in [0.05, 0.1) is 12.3 Å². The first-order valence-electron chi connectivity index (χ1n) is 7.27. The molecule has 2 atom stereocenters. The Labute approximate surface area is 123 Å². The quantitative estimate of drug-likeness (QED) is 0.762. The summed E-state index contributed by atoms with van der Waals surface area (Å²) in [5.74, 6) is 0. The normalized spacial score (nSPS) is 15.1. The molecule has 0 saturated heterocycles. The number of rotatable bonds is 9. The standard InChI is InChI=1S/C14H24F3N3O/c1-4-11(3)20-7-6-12(19-20)8-13(18-5-2)9-21-10-14(15,16)17/h6-7,11,13,18H,4-5,8-10H2,1-3H3. The van der Waals surface area contributed by atoms with E-state index in [0.717, 1.165) is 12.1 Å². The molecule has 122 valence electrons. The van der Waals surface area contributed by atoms with E-state index in [0.29, 0.717) is 19.0 Å². The number of hydrogen-bond donors (Lipinski definition) is 1. The molecule has 0 spiro atoms. The van der Waals surface area contributed by atoms with E-state index in [1.165, 1.54) is 0 Å². The van der Waals surface area contributed by atoms with Gasteiger partial charge < -0.3 is 10.1 Å². The zero-order chi connectivity index (χ0) is 15.9. The van der Waals surface area contributed by atoms with Crippen molar-refractivity contribution in [2.45, 2.75) is 51.9 Å². The Bertz CT molecular complexity index is 406. The Balaban J connectivity index is 2.51. The fraction of sp³-hybridized carbons (Fsp3) is 0.786. The number of ether oxygens (including phenoxy) is 1. The van der Waals surface area contributed by atoms with Gasteiger partial charge in [0.1, 0.15) is 6.61 Å². The van der Waals surface area contributed by atoms with Crippen molar-refractivity contribution in [2.75, 3.05) is 19.8 Å². The summed E-state index contributed by atoms with van der Waals surface area (Å²) in [6.45, 7) is 5.55. The molecule has 1 aromatic heterocycles. The maximum atomic E-state index is 12.1. The number of likely N-dealkylation sites (N-methyl/N-ethyl adjacent to an activating group) is 1. The zero-order valence-electron chi connectivity index (χ0n) is 12.8. The third kappa shape index (κ3) is 6.95. The summed E-state index contributed by atoms with van der Waals surface area (Å²) >= 11 is 0. The molecule has 0 aliphatic heterocycles. The average Bonchev–Trinajstić information content (AvgIpc) is 2.85. The van der Waals surface area contributed by atoms with Gasteiger partial charge in [-0.05, 0) is 26.0 Å². The van der Waals surface area contributed by atoms with Gasteiger partial charge in [-0.15, -0.1) is 0 Å². The van der Waals surface area contributed by atoms with Crippen molar-refractivity contribution in [2.24, 2.45) is 0 Å². The van der Waals surface area contributed by atoms with Gasteiger partial charge in [0.25, 0.3) is 0 Å². The van der Waals surface area contributed by atoms with Gasteiger partial charge in [0, 0.05) is 24.7 Å². The molecule has 0 fully saturated rings. The van der Waals surface area contributed by atoms with Crippen LogP contribution < -0.4 is 5.32 Å². The maximum Gasteiger partial charge on any atom is 0.411 e. The van der Waals surface area contributed by atoms with Gasteiger partial charge in [-0.1, -0.05) is 13.8 Å². The van der Waals surface area contributed by atoms with Crippen molar-refractivity contribution in [1.82, 2.24) is 15.1 Å². The van der Waals surface area contributed by atoms with E-state index in [1.54, 1.807) is 0 Å². The Hall–Kier alpha value is -1.08. The van der Waals surface area contributed by atoms with Crippen LogP contribution in [0.4, 0.5) is 13.2 Å². The van der Waals surface area contributed by atoms with Crippen molar-refractivity contribution in [3.63, 3.8) is 0 Å². The Kier molecular flexibility index (Phi) is 7.17. The van der Waals surface area contributed by atoms with Gasteiger partial charge in [-0.3, -0.25) is 4.68 Å². The summed E-state index contributed by atoms with van der Waals surface area (Å²) in [6, 6.07) is 2.05. The Morgan fingerprint density at radius 3 is 2.67 bits per heavy atom. The number of hydrogen-bond acceptors (Lipinski definition) is 3. The molecule has 21 heavy (non-hydrogen) atoms. The molecule has 1 heterocycles. The second-order valence-corrected chi connectivity index (χ2v) is 5.13. The van der Waals surface area contributed by atoms with E-state index in [-0.39, 0.29) is 12.6 Å². The molecule has 0 aliphatic carbocycles. The lowest BCUT2D eigenvalue weighted by Gasteiger charge is -2.17. The summed E-state index contributed by atoms with van der Waals surface area (Å²) in [5.41, 5.74) is 0.858. The highest BCUT2D eigenvalue weighted by Gasteiger charge is 2.28. The molecule has 1 rings (SSSR count). The molecular formula is C14H24F3N3O. The van der Waals surface area contributed by atoms with Crippen LogP contribution >= 0.6 is 0 Å². The van der Waals surface area contributed by atoms with Crippen LogP contribution in [0.5, 0.6) is 0 Å². The van der Waals surface area contributed by atoms with Crippen LogP contribution in [0, 0.1) is 0 Å². The summed E-state index contributed by atoms with van der Waals surface area (Å²) in [6.07, 6.45) is -0.848. The molecule has 1 aromatic rings. The molecule has 2 unspecified atom stereocenters. The number of nitrogens with zero attached hydrogens (tertiary/aromatic N) is 2. The predicted molar refractivity (Wildman–Crippen MR) is 75.3 cm³/mol. The summed E-state index contributed by atoms with van der Waals surface area (Å²) in [4.78, 5) is 0. The number of alkyl halides is 3. The molecule has 0 amide bonds. The second kappa shape index (κ2) is 8.38. The third-order valence-corrected chi connectivity index (χ3v) is 3.24. The fourth-order valence-electron chi connectivity index (χ4n) is 1.97. The van der Waals surface area contributed by atoms with Crippen LogP contribution in [0.1, 0.15) is 38.9 Å². The van der Waals surface area contributed by atoms with Crippen LogP contribution in [-0.2, 0) is 11.2 Å². The number of aromatic nitrogens is 2. The minimum absolute atomic E-state index is 0.0174. The molecule has 0 aliphatic rings. The van der Waals surface area contributed by atoms with Crippen LogP contribution in [0.3, 0.4) is 0 Å². The van der Waals surface area contributed by atoms with Gasteiger partial charge in [0.2, 0.25) is 0 Å². The minimum Gasteiger partial charge on any atom is -0.370 e. The third-order valence-electron chi connectivity index (χ3n) is 3.24. The summed E-state index contributed by atoms with van der Waals surface area (Å²) in [5, 5.41) is 7.59. The first kappa shape index (κ1) is 18.0. The fourth-order valence-corrected chi connectivity index (χ4v) is 1.97. The molecule has 0 saturated carbocycles. The van der Waals surface area contributed by atoms with Crippen LogP contribution in [0.2, 0.25) is 0 Å². The first-order chi connectivity index (χ1) is 9.85. The Morgan fingerprint density at radius 1 is 1.38 bits per heavy atom. The monoisotopic (exact) mass is 307 g/mol. The summed E-state index contributed by atoms with van der Waals surface area (Å²) in [7, 11) is 0. The molecule has 1 N–H and O–H groups in total. The zero-order valence-corrected chi connectivity index (χ0v) is 12.8.